The summed E-state index contributed by atoms with van der Waals surface area (Å²) in [6, 6.07) is -0.671. The maximum atomic E-state index is 10.6. The third kappa shape index (κ3) is 0.980. The number of alkyl halides is 2. The molecule has 0 spiro atoms. The molecule has 3 amide bonds. The van der Waals surface area contributed by atoms with Crippen molar-refractivity contribution in [1.82, 2.24) is 9.24 Å². The van der Waals surface area contributed by atoms with Gasteiger partial charge in [-0.25, -0.2) is 8.72 Å². The molecular formula is C3HBrCl2N2O2. The van der Waals surface area contributed by atoms with Crippen LogP contribution in [0, 0.1) is 0 Å². The molecule has 0 aromatic heterocycles. The van der Waals surface area contributed by atoms with E-state index in [1.807, 2.05) is 5.32 Å². The highest BCUT2D eigenvalue weighted by Gasteiger charge is 2.50. The number of nitrogens with zero attached hydrogens (tertiary/aromatic N) is 1. The molecule has 1 rings (SSSR count). The number of amides is 3. The molecule has 0 aromatic rings. The Labute approximate surface area is 74.8 Å². The number of nitrogens with one attached hydrogen (secondary N) is 1. The van der Waals surface area contributed by atoms with Gasteiger partial charge in [-0.3, -0.25) is 10.1 Å². The van der Waals surface area contributed by atoms with Crippen LogP contribution in [0.1, 0.15) is 0 Å². The van der Waals surface area contributed by atoms with E-state index in [0.717, 1.165) is 3.93 Å². The van der Waals surface area contributed by atoms with Gasteiger partial charge in [0.15, 0.2) is 0 Å². The third-order valence-electron chi connectivity index (χ3n) is 0.919. The summed E-state index contributed by atoms with van der Waals surface area (Å²) in [6.45, 7) is 0. The van der Waals surface area contributed by atoms with Gasteiger partial charge >= 0.3 is 6.03 Å². The van der Waals surface area contributed by atoms with Gasteiger partial charge in [-0.05, 0) is 0 Å². The molecule has 1 aliphatic rings. The first-order valence-electron chi connectivity index (χ1n) is 2.15. The average molecular weight is 248 g/mol. The number of hydrogen-bond acceptors (Lipinski definition) is 2. The van der Waals surface area contributed by atoms with Crippen LogP contribution in [-0.4, -0.2) is 20.3 Å². The summed E-state index contributed by atoms with van der Waals surface area (Å²) in [4.78, 5) is 21.2. The fourth-order valence-corrected chi connectivity index (χ4v) is 0.936. The van der Waals surface area contributed by atoms with E-state index in [0.29, 0.717) is 0 Å². The molecule has 4 nitrogen and oxygen atoms in total. The van der Waals surface area contributed by atoms with Gasteiger partial charge in [0.25, 0.3) is 10.4 Å². The monoisotopic (exact) mass is 246 g/mol. The molecule has 0 unspecified atom stereocenters. The highest BCUT2D eigenvalue weighted by Crippen LogP contribution is 2.33. The highest BCUT2D eigenvalue weighted by atomic mass is 79.9. The Morgan fingerprint density at radius 2 is 2.00 bits per heavy atom. The smallest absolute Gasteiger partial charge is 0.273 e. The first-order chi connectivity index (χ1) is 4.46. The van der Waals surface area contributed by atoms with Crippen LogP contribution in [-0.2, 0) is 4.79 Å². The number of carbonyl (C=O) groups excluding carboxylic acids is 2. The van der Waals surface area contributed by atoms with Crippen LogP contribution in [0.25, 0.3) is 0 Å². The normalized spacial score (nSPS) is 23.3. The van der Waals surface area contributed by atoms with Gasteiger partial charge in [0.05, 0.1) is 16.1 Å². The summed E-state index contributed by atoms with van der Waals surface area (Å²) in [7, 11) is 0. The zero-order valence-corrected chi connectivity index (χ0v) is 7.50. The first kappa shape index (κ1) is 8.10. The number of carbonyl (C=O) groups is 2. The quantitative estimate of drug-likeness (QED) is 0.300. The van der Waals surface area contributed by atoms with Crippen LogP contribution in [0.3, 0.4) is 0 Å². The topological polar surface area (TPSA) is 49.4 Å². The van der Waals surface area contributed by atoms with E-state index in [9.17, 15) is 9.59 Å². The molecule has 56 valence electrons. The van der Waals surface area contributed by atoms with E-state index in [2.05, 4.69) is 16.1 Å². The molecule has 0 saturated carbocycles. The maximum Gasteiger partial charge on any atom is 0.337 e. The lowest BCUT2D eigenvalue weighted by Crippen LogP contribution is -2.32. The fraction of sp³-hybridized carbons (Fsp3) is 0.333. The van der Waals surface area contributed by atoms with Crippen molar-refractivity contribution in [2.24, 2.45) is 0 Å². The van der Waals surface area contributed by atoms with Crippen molar-refractivity contribution in [3.63, 3.8) is 0 Å². The molecule has 1 heterocycles. The molecule has 1 fully saturated rings. The van der Waals surface area contributed by atoms with Crippen LogP contribution < -0.4 is 5.32 Å². The zero-order chi connectivity index (χ0) is 7.94. The van der Waals surface area contributed by atoms with E-state index in [-0.39, 0.29) is 0 Å². The van der Waals surface area contributed by atoms with Gasteiger partial charge in [0, 0.05) is 0 Å². The predicted molar refractivity (Wildman–Crippen MR) is 38.7 cm³/mol. The second kappa shape index (κ2) is 2.25. The molecule has 1 aliphatic heterocycles. The Hall–Kier alpha value is -0.000000000000000111. The van der Waals surface area contributed by atoms with Crippen LogP contribution >= 0.6 is 39.3 Å². The maximum absolute atomic E-state index is 10.6. The molecule has 1 saturated heterocycles. The SMILES string of the molecule is O=C1NC(=O)C(Cl)(Cl)N1Br. The Morgan fingerprint density at radius 1 is 1.50 bits per heavy atom. The molecule has 1 N–H and O–H groups in total. The number of imide groups is 1. The summed E-state index contributed by atoms with van der Waals surface area (Å²) in [5.74, 6) is -0.752. The highest BCUT2D eigenvalue weighted by molar-refractivity contribution is 9.07. The predicted octanol–water partition coefficient (Wildman–Crippen LogP) is 0.980. The van der Waals surface area contributed by atoms with E-state index < -0.39 is 16.4 Å². The van der Waals surface area contributed by atoms with Crippen LogP contribution in [0.15, 0.2) is 0 Å². The van der Waals surface area contributed by atoms with Crippen molar-refractivity contribution >= 4 is 51.3 Å². The van der Waals surface area contributed by atoms with Crippen molar-refractivity contribution in [3.8, 4) is 0 Å². The average Bonchev–Trinajstić information content (AvgIpc) is 1.97. The van der Waals surface area contributed by atoms with Crippen molar-refractivity contribution < 1.29 is 9.59 Å². The minimum atomic E-state index is -1.82. The van der Waals surface area contributed by atoms with E-state index >= 15 is 0 Å². The molecule has 0 radical (unpaired) electrons. The van der Waals surface area contributed by atoms with Gasteiger partial charge in [-0.15, -0.1) is 0 Å². The summed E-state index contributed by atoms with van der Waals surface area (Å²) in [5, 5.41) is 1.89. The van der Waals surface area contributed by atoms with Crippen molar-refractivity contribution in [2.45, 2.75) is 4.46 Å². The molecule has 10 heavy (non-hydrogen) atoms. The van der Waals surface area contributed by atoms with Crippen molar-refractivity contribution in [1.29, 1.82) is 0 Å². The van der Waals surface area contributed by atoms with Gasteiger partial charge in [-0.2, -0.15) is 0 Å². The van der Waals surface area contributed by atoms with Crippen molar-refractivity contribution in [3.05, 3.63) is 0 Å². The van der Waals surface area contributed by atoms with E-state index in [4.69, 9.17) is 23.2 Å². The molecule has 0 aromatic carbocycles. The van der Waals surface area contributed by atoms with Crippen LogP contribution in [0.5, 0.6) is 0 Å². The van der Waals surface area contributed by atoms with Gasteiger partial charge in [0.1, 0.15) is 0 Å². The van der Waals surface area contributed by atoms with Gasteiger partial charge in [-0.1, -0.05) is 23.2 Å². The lowest BCUT2D eigenvalue weighted by atomic mass is 10.6. The third-order valence-corrected chi connectivity index (χ3v) is 2.86. The molecule has 0 atom stereocenters. The summed E-state index contributed by atoms with van der Waals surface area (Å²) >= 11 is 13.5. The van der Waals surface area contributed by atoms with Crippen LogP contribution in [0.4, 0.5) is 4.79 Å². The lowest BCUT2D eigenvalue weighted by molar-refractivity contribution is -0.120. The lowest BCUT2D eigenvalue weighted by Gasteiger charge is -2.14. The number of hydrogen-bond donors (Lipinski definition) is 1. The largest absolute Gasteiger partial charge is 0.337 e. The summed E-state index contributed by atoms with van der Waals surface area (Å²) in [6.07, 6.45) is 0. The molecule has 0 bridgehead atoms. The number of halogens is 3. The number of urea groups is 1. The minimum absolute atomic E-state index is 0.671. The molecular weight excluding hydrogens is 247 g/mol. The Balaban J connectivity index is 2.96. The Morgan fingerprint density at radius 3 is 2.10 bits per heavy atom. The summed E-state index contributed by atoms with van der Waals surface area (Å²) in [5.41, 5.74) is 0. The zero-order valence-electron chi connectivity index (χ0n) is 4.40. The minimum Gasteiger partial charge on any atom is -0.273 e. The van der Waals surface area contributed by atoms with Gasteiger partial charge in [0.2, 0.25) is 0 Å². The molecule has 0 aliphatic carbocycles. The summed E-state index contributed by atoms with van der Waals surface area (Å²) < 4.78 is -1.09. The van der Waals surface area contributed by atoms with Gasteiger partial charge < -0.3 is 0 Å². The van der Waals surface area contributed by atoms with E-state index in [1.54, 1.807) is 0 Å². The van der Waals surface area contributed by atoms with Crippen LogP contribution in [0.2, 0.25) is 0 Å². The second-order valence-electron chi connectivity index (χ2n) is 1.58. The second-order valence-corrected chi connectivity index (χ2v) is 3.58. The van der Waals surface area contributed by atoms with Crippen molar-refractivity contribution in [2.75, 3.05) is 0 Å². The Bertz CT molecular complexity index is 207. The standard InChI is InChI=1S/C3HBrCl2N2O2/c4-8-2(10)7-1(9)3(8,5)6/h(H,7,9,10). The molecule has 7 heteroatoms. The Kier molecular flexibility index (Phi) is 1.82. The fourth-order valence-electron chi connectivity index (χ4n) is 0.438. The number of rotatable bonds is 0. The van der Waals surface area contributed by atoms with E-state index in [1.165, 1.54) is 0 Å². The first-order valence-corrected chi connectivity index (χ1v) is 3.62.